The number of hydrogen-bond acceptors (Lipinski definition) is 4. The number of aromatic nitrogens is 1. The molecule has 1 saturated carbocycles. The summed E-state index contributed by atoms with van der Waals surface area (Å²) >= 11 is 1.41. The molecule has 2 N–H and O–H groups in total. The van der Waals surface area contributed by atoms with E-state index in [2.05, 4.69) is 10.3 Å². The summed E-state index contributed by atoms with van der Waals surface area (Å²) in [5, 5.41) is 13.1. The summed E-state index contributed by atoms with van der Waals surface area (Å²) in [4.78, 5) is 29.2. The molecule has 1 aromatic carbocycles. The fourth-order valence-corrected chi connectivity index (χ4v) is 4.39. The van der Waals surface area contributed by atoms with E-state index in [1.165, 1.54) is 24.2 Å². The number of carboxylic acids is 1. The van der Waals surface area contributed by atoms with E-state index in [0.29, 0.717) is 16.5 Å². The summed E-state index contributed by atoms with van der Waals surface area (Å²) in [5.41, 5.74) is 1.57. The highest BCUT2D eigenvalue weighted by atomic mass is 32.1. The van der Waals surface area contributed by atoms with E-state index in [-0.39, 0.29) is 12.3 Å². The fourth-order valence-electron chi connectivity index (χ4n) is 3.25. The van der Waals surface area contributed by atoms with Gasteiger partial charge in [0, 0.05) is 12.3 Å². The van der Waals surface area contributed by atoms with Crippen molar-refractivity contribution in [3.8, 4) is 0 Å². The predicted molar refractivity (Wildman–Crippen MR) is 97.1 cm³/mol. The highest BCUT2D eigenvalue weighted by Gasteiger charge is 2.26. The predicted octanol–water partition coefficient (Wildman–Crippen LogP) is 3.53. The van der Waals surface area contributed by atoms with Gasteiger partial charge in [0.05, 0.1) is 10.7 Å². The molecule has 2 aromatic rings. The molecule has 0 bridgehead atoms. The maximum Gasteiger partial charge on any atom is 0.326 e. The first-order valence-corrected chi connectivity index (χ1v) is 9.41. The Hall–Kier alpha value is -2.21. The van der Waals surface area contributed by atoms with E-state index in [1.807, 2.05) is 37.3 Å². The van der Waals surface area contributed by atoms with Crippen LogP contribution in [0.4, 0.5) is 0 Å². The van der Waals surface area contributed by atoms with Crippen LogP contribution >= 0.6 is 11.3 Å². The number of nitrogens with one attached hydrogen (secondary N) is 1. The molecule has 1 fully saturated rings. The third kappa shape index (κ3) is 4.25. The van der Waals surface area contributed by atoms with Gasteiger partial charge in [-0.1, -0.05) is 43.2 Å². The molecular formula is C19H22N2O3S. The molecule has 6 heteroatoms. The van der Waals surface area contributed by atoms with Gasteiger partial charge in [-0.05, 0) is 25.3 Å². The van der Waals surface area contributed by atoms with E-state index >= 15 is 0 Å². The molecule has 1 unspecified atom stereocenters. The first-order chi connectivity index (χ1) is 12.0. The molecule has 0 spiro atoms. The van der Waals surface area contributed by atoms with Crippen LogP contribution in [0.1, 0.15) is 57.5 Å². The monoisotopic (exact) mass is 358 g/mol. The summed E-state index contributed by atoms with van der Waals surface area (Å²) in [6.45, 7) is 1.82. The lowest BCUT2D eigenvalue weighted by atomic mass is 10.1. The number of benzene rings is 1. The van der Waals surface area contributed by atoms with Crippen LogP contribution in [-0.2, 0) is 11.2 Å². The Bertz CT molecular complexity index is 751. The molecular weight excluding hydrogens is 336 g/mol. The molecule has 1 aliphatic carbocycles. The van der Waals surface area contributed by atoms with Crippen LogP contribution in [-0.4, -0.2) is 28.0 Å². The van der Waals surface area contributed by atoms with E-state index in [9.17, 15) is 14.7 Å². The zero-order valence-electron chi connectivity index (χ0n) is 14.2. The molecule has 132 valence electrons. The van der Waals surface area contributed by atoms with Crippen LogP contribution < -0.4 is 5.32 Å². The van der Waals surface area contributed by atoms with E-state index in [1.54, 1.807) is 0 Å². The summed E-state index contributed by atoms with van der Waals surface area (Å²) in [5.74, 6) is -0.928. The molecule has 0 aliphatic heterocycles. The van der Waals surface area contributed by atoms with Gasteiger partial charge in [0.25, 0.3) is 5.91 Å². The van der Waals surface area contributed by atoms with Crippen molar-refractivity contribution in [2.24, 2.45) is 0 Å². The van der Waals surface area contributed by atoms with Gasteiger partial charge in [-0.25, -0.2) is 9.78 Å². The van der Waals surface area contributed by atoms with Crippen LogP contribution in [0.3, 0.4) is 0 Å². The van der Waals surface area contributed by atoms with Gasteiger partial charge in [-0.3, -0.25) is 4.79 Å². The minimum absolute atomic E-state index is 0.259. The lowest BCUT2D eigenvalue weighted by Gasteiger charge is -2.14. The van der Waals surface area contributed by atoms with Gasteiger partial charge < -0.3 is 10.4 Å². The van der Waals surface area contributed by atoms with Crippen molar-refractivity contribution in [3.63, 3.8) is 0 Å². The Morgan fingerprint density at radius 3 is 2.60 bits per heavy atom. The molecule has 1 aliphatic rings. The number of carboxylic acid groups (broad SMARTS) is 1. The lowest BCUT2D eigenvalue weighted by Crippen LogP contribution is -2.42. The largest absolute Gasteiger partial charge is 0.480 e. The van der Waals surface area contributed by atoms with Gasteiger partial charge in [0.1, 0.15) is 10.9 Å². The third-order valence-corrected chi connectivity index (χ3v) is 5.93. The number of amides is 1. The summed E-state index contributed by atoms with van der Waals surface area (Å²) in [7, 11) is 0. The summed E-state index contributed by atoms with van der Waals surface area (Å²) < 4.78 is 0. The number of carbonyl (C=O) groups excluding carboxylic acids is 1. The lowest BCUT2D eigenvalue weighted by molar-refractivity contribution is -0.139. The van der Waals surface area contributed by atoms with E-state index in [0.717, 1.165) is 23.4 Å². The molecule has 0 radical (unpaired) electrons. The third-order valence-electron chi connectivity index (χ3n) is 4.61. The van der Waals surface area contributed by atoms with Crippen LogP contribution in [0.2, 0.25) is 0 Å². The van der Waals surface area contributed by atoms with Crippen molar-refractivity contribution in [1.29, 1.82) is 0 Å². The van der Waals surface area contributed by atoms with Crippen molar-refractivity contribution in [2.45, 2.75) is 51.0 Å². The van der Waals surface area contributed by atoms with Gasteiger partial charge in [0.15, 0.2) is 0 Å². The highest BCUT2D eigenvalue weighted by Crippen LogP contribution is 2.37. The van der Waals surface area contributed by atoms with Crippen LogP contribution in [0.15, 0.2) is 30.3 Å². The maximum atomic E-state index is 12.6. The summed E-state index contributed by atoms with van der Waals surface area (Å²) in [6, 6.07) is 8.36. The topological polar surface area (TPSA) is 79.3 Å². The first-order valence-electron chi connectivity index (χ1n) is 8.59. The van der Waals surface area contributed by atoms with Crippen LogP contribution in [0, 0.1) is 6.92 Å². The number of rotatable bonds is 6. The Balaban J connectivity index is 1.72. The van der Waals surface area contributed by atoms with Crippen LogP contribution in [0.25, 0.3) is 0 Å². The Morgan fingerprint density at radius 2 is 1.96 bits per heavy atom. The minimum Gasteiger partial charge on any atom is -0.480 e. The summed E-state index contributed by atoms with van der Waals surface area (Å²) in [6.07, 6.45) is 4.93. The maximum absolute atomic E-state index is 12.6. The van der Waals surface area contributed by atoms with Crippen molar-refractivity contribution >= 4 is 23.2 Å². The zero-order valence-corrected chi connectivity index (χ0v) is 15.0. The first kappa shape index (κ1) is 17.6. The SMILES string of the molecule is Cc1nc(C2CCCC2)sc1C(=O)NC(Cc1ccccc1)C(=O)O. The molecule has 3 rings (SSSR count). The molecule has 1 heterocycles. The molecule has 0 saturated heterocycles. The van der Waals surface area contributed by atoms with Crippen molar-refractivity contribution in [3.05, 3.63) is 51.5 Å². The fraction of sp³-hybridized carbons (Fsp3) is 0.421. The van der Waals surface area contributed by atoms with Gasteiger partial charge >= 0.3 is 5.97 Å². The Morgan fingerprint density at radius 1 is 1.28 bits per heavy atom. The number of aryl methyl sites for hydroxylation is 1. The number of carbonyl (C=O) groups is 2. The number of aliphatic carboxylic acids is 1. The molecule has 1 atom stereocenters. The van der Waals surface area contributed by atoms with Gasteiger partial charge in [-0.2, -0.15) is 0 Å². The molecule has 25 heavy (non-hydrogen) atoms. The Labute approximate surface area is 151 Å². The second-order valence-electron chi connectivity index (χ2n) is 6.50. The minimum atomic E-state index is -1.03. The second kappa shape index (κ2) is 7.78. The molecule has 5 nitrogen and oxygen atoms in total. The number of hydrogen-bond donors (Lipinski definition) is 2. The Kier molecular flexibility index (Phi) is 5.48. The average Bonchev–Trinajstić information content (AvgIpc) is 3.24. The van der Waals surface area contributed by atoms with Crippen molar-refractivity contribution < 1.29 is 14.7 Å². The zero-order chi connectivity index (χ0) is 17.8. The molecule has 1 aromatic heterocycles. The number of nitrogens with zero attached hydrogens (tertiary/aromatic N) is 1. The van der Waals surface area contributed by atoms with Gasteiger partial charge in [0.2, 0.25) is 0 Å². The van der Waals surface area contributed by atoms with Gasteiger partial charge in [-0.15, -0.1) is 11.3 Å². The smallest absolute Gasteiger partial charge is 0.326 e. The quantitative estimate of drug-likeness (QED) is 0.828. The number of thiazole rings is 1. The highest BCUT2D eigenvalue weighted by molar-refractivity contribution is 7.13. The second-order valence-corrected chi connectivity index (χ2v) is 7.53. The van der Waals surface area contributed by atoms with Crippen molar-refractivity contribution in [1.82, 2.24) is 10.3 Å². The molecule has 1 amide bonds. The van der Waals surface area contributed by atoms with Crippen molar-refractivity contribution in [2.75, 3.05) is 0 Å². The normalized spacial score (nSPS) is 15.9. The standard InChI is InChI=1S/C19H22N2O3S/c1-12-16(25-18(20-12)14-9-5-6-10-14)17(22)21-15(19(23)24)11-13-7-3-2-4-8-13/h2-4,7-8,14-15H,5-6,9-11H2,1H3,(H,21,22)(H,23,24). The average molecular weight is 358 g/mol. The van der Waals surface area contributed by atoms with Crippen LogP contribution in [0.5, 0.6) is 0 Å². The van der Waals surface area contributed by atoms with E-state index in [4.69, 9.17) is 0 Å². The van der Waals surface area contributed by atoms with E-state index < -0.39 is 12.0 Å².